The largest absolute Gasteiger partial charge is 0.477 e. The van der Waals surface area contributed by atoms with Crippen molar-refractivity contribution < 1.29 is 9.90 Å². The van der Waals surface area contributed by atoms with Gasteiger partial charge >= 0.3 is 5.97 Å². The molecule has 1 rings (SSSR count). The zero-order valence-corrected chi connectivity index (χ0v) is 9.15. The summed E-state index contributed by atoms with van der Waals surface area (Å²) in [5.74, 6) is -0.994. The molecule has 1 aromatic rings. The SMILES string of the molecule is C=CC=c1sc(C(=O)O)c(Cl)c1=CC. The van der Waals surface area contributed by atoms with Crippen LogP contribution in [0.25, 0.3) is 12.2 Å². The lowest BCUT2D eigenvalue weighted by molar-refractivity contribution is 0.0702. The van der Waals surface area contributed by atoms with Crippen molar-refractivity contribution in [3.63, 3.8) is 0 Å². The maximum Gasteiger partial charge on any atom is 0.347 e. The van der Waals surface area contributed by atoms with Crippen LogP contribution in [0.4, 0.5) is 0 Å². The first-order valence-corrected chi connectivity index (χ1v) is 5.12. The average molecular weight is 229 g/mol. The molecule has 0 unspecified atom stereocenters. The highest BCUT2D eigenvalue weighted by molar-refractivity contribution is 7.12. The summed E-state index contributed by atoms with van der Waals surface area (Å²) in [7, 11) is 0. The van der Waals surface area contributed by atoms with Gasteiger partial charge in [-0.3, -0.25) is 0 Å². The number of hydrogen-bond acceptors (Lipinski definition) is 2. The third kappa shape index (κ3) is 1.89. The Morgan fingerprint density at radius 1 is 1.64 bits per heavy atom. The summed E-state index contributed by atoms with van der Waals surface area (Å²) in [6, 6.07) is 0. The number of rotatable bonds is 2. The van der Waals surface area contributed by atoms with E-state index in [1.807, 2.05) is 6.92 Å². The molecule has 0 aliphatic heterocycles. The van der Waals surface area contributed by atoms with Gasteiger partial charge in [-0.2, -0.15) is 0 Å². The van der Waals surface area contributed by atoms with Crippen molar-refractivity contribution in [2.75, 3.05) is 0 Å². The predicted octanol–water partition coefficient (Wildman–Crippen LogP) is 1.87. The van der Waals surface area contributed by atoms with Gasteiger partial charge in [0.25, 0.3) is 0 Å². The second-order valence-corrected chi connectivity index (χ2v) is 3.95. The lowest BCUT2D eigenvalue weighted by atomic mass is 10.3. The number of aromatic carboxylic acids is 1. The molecule has 0 bridgehead atoms. The van der Waals surface area contributed by atoms with Crippen molar-refractivity contribution in [2.45, 2.75) is 6.92 Å². The normalized spacial score (nSPS) is 13.3. The molecule has 74 valence electrons. The van der Waals surface area contributed by atoms with E-state index >= 15 is 0 Å². The summed E-state index contributed by atoms with van der Waals surface area (Å²) in [6.07, 6.45) is 5.15. The average Bonchev–Trinajstić information content (AvgIpc) is 2.43. The molecule has 0 spiro atoms. The van der Waals surface area contributed by atoms with Gasteiger partial charge in [0, 0.05) is 9.75 Å². The summed E-state index contributed by atoms with van der Waals surface area (Å²) in [4.78, 5) is 11.0. The maximum atomic E-state index is 10.8. The zero-order valence-electron chi connectivity index (χ0n) is 7.58. The Kier molecular flexibility index (Phi) is 3.49. The van der Waals surface area contributed by atoms with Crippen molar-refractivity contribution >= 4 is 41.1 Å². The first-order chi connectivity index (χ1) is 6.61. The quantitative estimate of drug-likeness (QED) is 0.839. The van der Waals surface area contributed by atoms with E-state index in [4.69, 9.17) is 16.7 Å². The van der Waals surface area contributed by atoms with Gasteiger partial charge in [0.2, 0.25) is 0 Å². The first kappa shape index (κ1) is 11.0. The monoisotopic (exact) mass is 228 g/mol. The fourth-order valence-corrected chi connectivity index (χ4v) is 2.54. The van der Waals surface area contributed by atoms with Crippen LogP contribution in [0.2, 0.25) is 5.02 Å². The van der Waals surface area contributed by atoms with Crippen molar-refractivity contribution in [3.05, 3.63) is 32.3 Å². The predicted molar refractivity (Wildman–Crippen MR) is 60.3 cm³/mol. The fraction of sp³-hybridized carbons (Fsp3) is 0.100. The Labute approximate surface area is 90.5 Å². The molecule has 0 aliphatic carbocycles. The summed E-state index contributed by atoms with van der Waals surface area (Å²) < 4.78 is 0.824. The number of carboxylic acid groups (broad SMARTS) is 1. The Morgan fingerprint density at radius 2 is 2.29 bits per heavy atom. The molecule has 1 heterocycles. The van der Waals surface area contributed by atoms with Crippen LogP contribution < -0.4 is 9.75 Å². The molecule has 1 aromatic heterocycles. The maximum absolute atomic E-state index is 10.8. The third-order valence-corrected chi connectivity index (χ3v) is 3.33. The molecule has 0 saturated heterocycles. The number of halogens is 1. The Balaban J connectivity index is 3.65. The van der Waals surface area contributed by atoms with Crippen LogP contribution in [0.5, 0.6) is 0 Å². The van der Waals surface area contributed by atoms with Crippen LogP contribution in [-0.2, 0) is 0 Å². The number of thiophene rings is 1. The number of carboxylic acids is 1. The van der Waals surface area contributed by atoms with Gasteiger partial charge in [-0.1, -0.05) is 30.3 Å². The van der Waals surface area contributed by atoms with Crippen LogP contribution in [0, 0.1) is 0 Å². The lowest BCUT2D eigenvalue weighted by Gasteiger charge is -1.85. The molecular formula is C10H9ClO2S. The minimum atomic E-state index is -0.994. The highest BCUT2D eigenvalue weighted by Crippen LogP contribution is 2.13. The van der Waals surface area contributed by atoms with Gasteiger partial charge in [-0.05, 0) is 13.0 Å². The highest BCUT2D eigenvalue weighted by Gasteiger charge is 2.12. The Hall–Kier alpha value is -1.06. The van der Waals surface area contributed by atoms with E-state index in [2.05, 4.69) is 6.58 Å². The van der Waals surface area contributed by atoms with E-state index in [0.29, 0.717) is 5.02 Å². The molecule has 1 N–H and O–H groups in total. The number of carbonyl (C=O) groups is 1. The molecule has 4 heteroatoms. The molecule has 14 heavy (non-hydrogen) atoms. The third-order valence-electron chi connectivity index (χ3n) is 1.67. The molecule has 2 nitrogen and oxygen atoms in total. The van der Waals surface area contributed by atoms with Crippen LogP contribution in [0.3, 0.4) is 0 Å². The van der Waals surface area contributed by atoms with E-state index in [0.717, 1.165) is 21.1 Å². The summed E-state index contributed by atoms with van der Waals surface area (Å²) in [6.45, 7) is 5.38. The molecule has 0 radical (unpaired) electrons. The minimum Gasteiger partial charge on any atom is -0.477 e. The van der Waals surface area contributed by atoms with Gasteiger partial charge < -0.3 is 5.11 Å². The fourth-order valence-electron chi connectivity index (χ4n) is 1.08. The van der Waals surface area contributed by atoms with Gasteiger partial charge in [0.05, 0.1) is 5.02 Å². The van der Waals surface area contributed by atoms with E-state index in [1.165, 1.54) is 0 Å². The highest BCUT2D eigenvalue weighted by atomic mass is 35.5. The topological polar surface area (TPSA) is 37.3 Å². The second-order valence-electron chi connectivity index (χ2n) is 2.52. The molecule has 0 atom stereocenters. The van der Waals surface area contributed by atoms with Crippen molar-refractivity contribution in [3.8, 4) is 0 Å². The van der Waals surface area contributed by atoms with E-state index in [9.17, 15) is 4.79 Å². The smallest absolute Gasteiger partial charge is 0.347 e. The number of allylic oxidation sites excluding steroid dienone is 1. The summed E-state index contributed by atoms with van der Waals surface area (Å²) >= 11 is 7.06. The van der Waals surface area contributed by atoms with E-state index < -0.39 is 5.97 Å². The lowest BCUT2D eigenvalue weighted by Crippen LogP contribution is -2.17. The molecule has 0 saturated carbocycles. The van der Waals surface area contributed by atoms with Crippen molar-refractivity contribution in [1.82, 2.24) is 0 Å². The molecule has 0 amide bonds. The molecule has 0 fully saturated rings. The van der Waals surface area contributed by atoms with Crippen molar-refractivity contribution in [1.29, 1.82) is 0 Å². The van der Waals surface area contributed by atoms with Gasteiger partial charge in [-0.25, -0.2) is 4.79 Å². The zero-order chi connectivity index (χ0) is 10.7. The minimum absolute atomic E-state index is 0.174. The summed E-state index contributed by atoms with van der Waals surface area (Å²) in [5.41, 5.74) is 0. The molecular weight excluding hydrogens is 220 g/mol. The van der Waals surface area contributed by atoms with Crippen molar-refractivity contribution in [2.24, 2.45) is 0 Å². The molecule has 0 aliphatic rings. The van der Waals surface area contributed by atoms with Crippen LogP contribution in [0.15, 0.2) is 12.7 Å². The second kappa shape index (κ2) is 4.44. The van der Waals surface area contributed by atoms with Gasteiger partial charge in [-0.15, -0.1) is 11.3 Å². The first-order valence-electron chi connectivity index (χ1n) is 3.92. The van der Waals surface area contributed by atoms with Gasteiger partial charge in [0.15, 0.2) is 0 Å². The number of hydrogen-bond donors (Lipinski definition) is 1. The van der Waals surface area contributed by atoms with E-state index in [-0.39, 0.29) is 4.88 Å². The van der Waals surface area contributed by atoms with Crippen LogP contribution in [0.1, 0.15) is 16.6 Å². The standard InChI is InChI=1S/C10H9ClO2S/c1-3-5-7-6(4-2)8(11)9(14-7)10(12)13/h3-5H,1H2,2H3,(H,12,13). The Morgan fingerprint density at radius 3 is 2.71 bits per heavy atom. The Bertz CT molecular complexity index is 485. The van der Waals surface area contributed by atoms with Gasteiger partial charge in [0.1, 0.15) is 4.88 Å². The van der Waals surface area contributed by atoms with Crippen LogP contribution in [-0.4, -0.2) is 11.1 Å². The summed E-state index contributed by atoms with van der Waals surface area (Å²) in [5, 5.41) is 9.90. The van der Waals surface area contributed by atoms with Crippen LogP contribution >= 0.6 is 22.9 Å². The van der Waals surface area contributed by atoms with E-state index in [1.54, 1.807) is 18.2 Å². The molecule has 0 aromatic carbocycles.